The van der Waals surface area contributed by atoms with E-state index in [1.165, 1.54) is 9.80 Å². The largest absolute Gasteiger partial charge is 0.480 e. The molecular formula is C14H15N3O3. The molecule has 1 heterocycles. The number of fused-ring (bicyclic) bond motifs is 1. The van der Waals surface area contributed by atoms with Crippen molar-refractivity contribution in [1.82, 2.24) is 4.90 Å². The highest BCUT2D eigenvalue weighted by Gasteiger charge is 2.39. The Morgan fingerprint density at radius 1 is 1.50 bits per heavy atom. The van der Waals surface area contributed by atoms with E-state index >= 15 is 0 Å². The minimum atomic E-state index is -1.02. The number of carbonyl (C=O) groups is 2. The van der Waals surface area contributed by atoms with Gasteiger partial charge in [-0.1, -0.05) is 18.2 Å². The van der Waals surface area contributed by atoms with Crippen LogP contribution in [0.3, 0.4) is 0 Å². The summed E-state index contributed by atoms with van der Waals surface area (Å²) in [6.45, 7) is 0.278. The standard InChI is InChI=1S/C14H15N3O3/c1-16(8-4-7-15)14(20)17-11-6-3-2-5-10(11)9-12(17)13(18)19/h2-3,5-6,12H,4,8-9H2,1H3,(H,18,19)/t12-/m0/s1. The van der Waals surface area contributed by atoms with Crippen LogP contribution in [0, 0.1) is 11.3 Å². The summed E-state index contributed by atoms with van der Waals surface area (Å²) in [5.41, 5.74) is 1.48. The minimum absolute atomic E-state index is 0.218. The first-order chi connectivity index (χ1) is 9.56. The lowest BCUT2D eigenvalue weighted by molar-refractivity contribution is -0.138. The van der Waals surface area contributed by atoms with Crippen molar-refractivity contribution >= 4 is 17.7 Å². The Morgan fingerprint density at radius 2 is 2.20 bits per heavy atom. The third kappa shape index (κ3) is 2.43. The van der Waals surface area contributed by atoms with E-state index in [1.807, 2.05) is 18.2 Å². The molecule has 1 N–H and O–H groups in total. The lowest BCUT2D eigenvalue weighted by Gasteiger charge is -2.27. The van der Waals surface area contributed by atoms with Crippen molar-refractivity contribution in [2.24, 2.45) is 0 Å². The molecule has 0 aliphatic carbocycles. The van der Waals surface area contributed by atoms with Gasteiger partial charge in [-0.25, -0.2) is 9.59 Å². The molecule has 2 amide bonds. The SMILES string of the molecule is CN(CCC#N)C(=O)N1c2ccccc2C[C@H]1C(=O)O. The molecule has 2 rings (SSSR count). The molecule has 0 unspecified atom stereocenters. The predicted octanol–water partition coefficient (Wildman–Crippen LogP) is 1.47. The number of carbonyl (C=O) groups excluding carboxylic acids is 1. The summed E-state index contributed by atoms with van der Waals surface area (Å²) in [6, 6.07) is 7.87. The Morgan fingerprint density at radius 3 is 2.85 bits per heavy atom. The lowest BCUT2D eigenvalue weighted by Crippen LogP contribution is -2.48. The van der Waals surface area contributed by atoms with Crippen molar-refractivity contribution in [1.29, 1.82) is 5.26 Å². The highest BCUT2D eigenvalue weighted by Crippen LogP contribution is 2.32. The zero-order valence-electron chi connectivity index (χ0n) is 11.1. The number of aliphatic carboxylic acids is 1. The molecule has 1 aromatic rings. The van der Waals surface area contributed by atoms with Gasteiger partial charge in [-0.05, 0) is 11.6 Å². The average molecular weight is 273 g/mol. The minimum Gasteiger partial charge on any atom is -0.480 e. The van der Waals surface area contributed by atoms with E-state index in [4.69, 9.17) is 5.26 Å². The number of nitrogens with zero attached hydrogens (tertiary/aromatic N) is 3. The summed E-state index contributed by atoms with van der Waals surface area (Å²) in [5, 5.41) is 17.9. The zero-order chi connectivity index (χ0) is 14.7. The summed E-state index contributed by atoms with van der Waals surface area (Å²) in [7, 11) is 1.57. The molecule has 1 aromatic carbocycles. The van der Waals surface area contributed by atoms with Crippen LogP contribution in [0.5, 0.6) is 0 Å². The number of para-hydroxylation sites is 1. The van der Waals surface area contributed by atoms with Crippen LogP contribution >= 0.6 is 0 Å². The number of rotatable bonds is 3. The van der Waals surface area contributed by atoms with E-state index in [0.29, 0.717) is 12.1 Å². The fraction of sp³-hybridized carbons (Fsp3) is 0.357. The second-order valence-corrected chi connectivity index (χ2v) is 4.67. The van der Waals surface area contributed by atoms with Gasteiger partial charge < -0.3 is 10.0 Å². The van der Waals surface area contributed by atoms with Crippen LogP contribution in [-0.4, -0.2) is 41.6 Å². The third-order valence-electron chi connectivity index (χ3n) is 3.35. The Kier molecular flexibility index (Phi) is 3.89. The van der Waals surface area contributed by atoms with Gasteiger partial charge >= 0.3 is 12.0 Å². The Balaban J connectivity index is 2.29. The molecule has 104 valence electrons. The highest BCUT2D eigenvalue weighted by atomic mass is 16.4. The van der Waals surface area contributed by atoms with Crippen molar-refractivity contribution < 1.29 is 14.7 Å². The third-order valence-corrected chi connectivity index (χ3v) is 3.35. The van der Waals surface area contributed by atoms with E-state index < -0.39 is 18.0 Å². The molecule has 1 atom stereocenters. The molecule has 0 saturated heterocycles. The molecule has 0 radical (unpaired) electrons. The van der Waals surface area contributed by atoms with Crippen LogP contribution in [0.2, 0.25) is 0 Å². The molecule has 1 aliphatic heterocycles. The van der Waals surface area contributed by atoms with Crippen molar-refractivity contribution in [2.45, 2.75) is 18.9 Å². The number of urea groups is 1. The first-order valence-electron chi connectivity index (χ1n) is 6.28. The monoisotopic (exact) mass is 273 g/mol. The molecule has 6 heteroatoms. The molecule has 0 bridgehead atoms. The molecule has 0 saturated carbocycles. The number of carboxylic acid groups (broad SMARTS) is 1. The van der Waals surface area contributed by atoms with Gasteiger partial charge in [0.25, 0.3) is 0 Å². The van der Waals surface area contributed by atoms with Gasteiger partial charge in [0.05, 0.1) is 12.5 Å². The van der Waals surface area contributed by atoms with Crippen LogP contribution in [-0.2, 0) is 11.2 Å². The molecule has 6 nitrogen and oxygen atoms in total. The Hall–Kier alpha value is -2.55. The van der Waals surface area contributed by atoms with Gasteiger partial charge in [-0.15, -0.1) is 0 Å². The van der Waals surface area contributed by atoms with Crippen LogP contribution < -0.4 is 4.90 Å². The normalized spacial score (nSPS) is 16.4. The number of benzene rings is 1. The lowest BCUT2D eigenvalue weighted by atomic mass is 10.1. The topological polar surface area (TPSA) is 84.6 Å². The predicted molar refractivity (Wildman–Crippen MR) is 72.3 cm³/mol. The number of nitriles is 1. The zero-order valence-corrected chi connectivity index (χ0v) is 11.1. The molecular weight excluding hydrogens is 258 g/mol. The van der Waals surface area contributed by atoms with E-state index in [1.54, 1.807) is 19.2 Å². The van der Waals surface area contributed by atoms with Crippen molar-refractivity contribution in [2.75, 3.05) is 18.5 Å². The molecule has 0 spiro atoms. The van der Waals surface area contributed by atoms with Gasteiger partial charge in [0.2, 0.25) is 0 Å². The van der Waals surface area contributed by atoms with Crippen LogP contribution in [0.25, 0.3) is 0 Å². The van der Waals surface area contributed by atoms with Crippen molar-refractivity contribution in [3.8, 4) is 6.07 Å². The van der Waals surface area contributed by atoms with Crippen LogP contribution in [0.15, 0.2) is 24.3 Å². The van der Waals surface area contributed by atoms with Crippen LogP contribution in [0.1, 0.15) is 12.0 Å². The smallest absolute Gasteiger partial charge is 0.327 e. The van der Waals surface area contributed by atoms with Gasteiger partial charge in [-0.2, -0.15) is 5.26 Å². The second-order valence-electron chi connectivity index (χ2n) is 4.67. The van der Waals surface area contributed by atoms with Gasteiger partial charge in [0.15, 0.2) is 0 Å². The molecule has 20 heavy (non-hydrogen) atoms. The van der Waals surface area contributed by atoms with Crippen molar-refractivity contribution in [3.05, 3.63) is 29.8 Å². The molecule has 0 fully saturated rings. The average Bonchev–Trinajstić information content (AvgIpc) is 2.83. The first-order valence-corrected chi connectivity index (χ1v) is 6.28. The van der Waals surface area contributed by atoms with Gasteiger partial charge in [0, 0.05) is 25.7 Å². The van der Waals surface area contributed by atoms with Gasteiger partial charge in [-0.3, -0.25) is 4.90 Å². The number of anilines is 1. The maximum atomic E-state index is 12.4. The van der Waals surface area contributed by atoms with E-state index in [0.717, 1.165) is 5.56 Å². The maximum absolute atomic E-state index is 12.4. The Bertz CT molecular complexity index is 579. The van der Waals surface area contributed by atoms with E-state index in [9.17, 15) is 14.7 Å². The highest BCUT2D eigenvalue weighted by molar-refractivity contribution is 6.00. The number of amides is 2. The summed E-state index contributed by atoms with van der Waals surface area (Å²) in [4.78, 5) is 26.4. The van der Waals surface area contributed by atoms with E-state index in [2.05, 4.69) is 0 Å². The quantitative estimate of drug-likeness (QED) is 0.903. The maximum Gasteiger partial charge on any atom is 0.327 e. The number of hydrogen-bond donors (Lipinski definition) is 1. The summed E-state index contributed by atoms with van der Waals surface area (Å²) in [6.07, 6.45) is 0.527. The number of hydrogen-bond acceptors (Lipinski definition) is 3. The number of carboxylic acids is 1. The summed E-state index contributed by atoms with van der Waals surface area (Å²) >= 11 is 0. The van der Waals surface area contributed by atoms with Crippen LogP contribution in [0.4, 0.5) is 10.5 Å². The first kappa shape index (κ1) is 13.9. The molecule has 0 aromatic heterocycles. The molecule has 1 aliphatic rings. The summed E-state index contributed by atoms with van der Waals surface area (Å²) < 4.78 is 0. The Labute approximate surface area is 116 Å². The van der Waals surface area contributed by atoms with Crippen molar-refractivity contribution in [3.63, 3.8) is 0 Å². The van der Waals surface area contributed by atoms with E-state index in [-0.39, 0.29) is 13.0 Å². The summed E-state index contributed by atoms with van der Waals surface area (Å²) in [5.74, 6) is -1.02. The fourth-order valence-electron chi connectivity index (χ4n) is 2.32. The second kappa shape index (κ2) is 5.61. The van der Waals surface area contributed by atoms with Gasteiger partial charge in [0.1, 0.15) is 6.04 Å². The fourth-order valence-corrected chi connectivity index (χ4v) is 2.32.